The fourth-order valence-electron chi connectivity index (χ4n) is 2.93. The third kappa shape index (κ3) is 3.19. The number of hydrogen-bond donors (Lipinski definition) is 0. The van der Waals surface area contributed by atoms with Crippen LogP contribution in [-0.4, -0.2) is 7.05 Å². The fraction of sp³-hybridized carbons (Fsp3) is 0.429. The average Bonchev–Trinajstić information content (AvgIpc) is 2.41. The third-order valence-electron chi connectivity index (χ3n) is 4.58. The van der Waals surface area contributed by atoms with Crippen LogP contribution in [0.5, 0.6) is 0 Å². The molecule has 22 heavy (non-hydrogen) atoms. The molecule has 0 aliphatic carbocycles. The van der Waals surface area contributed by atoms with Crippen molar-refractivity contribution in [3.05, 3.63) is 58.1 Å². The second-order valence-corrected chi connectivity index (χ2v) is 7.54. The van der Waals surface area contributed by atoms with Crippen LogP contribution in [0.25, 0.3) is 0 Å². The van der Waals surface area contributed by atoms with Gasteiger partial charge in [-0.25, -0.2) is 0 Å². The zero-order chi connectivity index (χ0) is 16.7. The van der Waals surface area contributed by atoms with Gasteiger partial charge >= 0.3 is 0 Å². The predicted molar refractivity (Wildman–Crippen MR) is 98.6 cm³/mol. The Morgan fingerprint density at radius 2 is 1.41 bits per heavy atom. The van der Waals surface area contributed by atoms with Crippen LogP contribution in [0.2, 0.25) is 0 Å². The summed E-state index contributed by atoms with van der Waals surface area (Å²) in [6.45, 7) is 15.6. The molecule has 1 nitrogen and oxygen atoms in total. The predicted octanol–water partition coefficient (Wildman–Crippen LogP) is 5.99. The van der Waals surface area contributed by atoms with Gasteiger partial charge in [0, 0.05) is 18.4 Å². The fourth-order valence-corrected chi connectivity index (χ4v) is 2.93. The molecule has 0 N–H and O–H groups in total. The quantitative estimate of drug-likeness (QED) is 0.658. The number of benzene rings is 2. The van der Waals surface area contributed by atoms with Gasteiger partial charge in [0.25, 0.3) is 0 Å². The molecule has 0 aliphatic heterocycles. The Kier molecular flexibility index (Phi) is 4.37. The zero-order valence-electron chi connectivity index (χ0n) is 15.3. The Morgan fingerprint density at radius 3 is 2.00 bits per heavy atom. The number of hydrogen-bond acceptors (Lipinski definition) is 1. The molecule has 0 aromatic heterocycles. The SMILES string of the molecule is Cc1cc(C)c(C)c(N(C)c2cc(C(C)(C)C)ccc2C)c1. The topological polar surface area (TPSA) is 3.24 Å². The van der Waals surface area contributed by atoms with Gasteiger partial charge in [-0.15, -0.1) is 0 Å². The molecule has 0 saturated heterocycles. The minimum atomic E-state index is 0.168. The Bertz CT molecular complexity index is 690. The molecule has 0 aliphatic rings. The molecule has 2 rings (SSSR count). The lowest BCUT2D eigenvalue weighted by atomic mass is 9.86. The highest BCUT2D eigenvalue weighted by Gasteiger charge is 2.17. The van der Waals surface area contributed by atoms with Crippen LogP contribution in [0.15, 0.2) is 30.3 Å². The smallest absolute Gasteiger partial charge is 0.0443 e. The van der Waals surface area contributed by atoms with Crippen molar-refractivity contribution in [2.45, 2.75) is 53.9 Å². The van der Waals surface area contributed by atoms with Gasteiger partial charge in [-0.2, -0.15) is 0 Å². The van der Waals surface area contributed by atoms with Crippen LogP contribution in [0.1, 0.15) is 48.6 Å². The van der Waals surface area contributed by atoms with Crippen LogP contribution in [0.3, 0.4) is 0 Å². The molecule has 0 heterocycles. The van der Waals surface area contributed by atoms with E-state index in [-0.39, 0.29) is 5.41 Å². The van der Waals surface area contributed by atoms with E-state index in [0.29, 0.717) is 0 Å². The van der Waals surface area contributed by atoms with Crippen LogP contribution in [0, 0.1) is 27.7 Å². The molecule has 0 fully saturated rings. The van der Waals surface area contributed by atoms with Gasteiger partial charge in [-0.3, -0.25) is 0 Å². The highest BCUT2D eigenvalue weighted by molar-refractivity contribution is 5.70. The lowest BCUT2D eigenvalue weighted by Gasteiger charge is -2.28. The van der Waals surface area contributed by atoms with Crippen molar-refractivity contribution in [1.82, 2.24) is 0 Å². The van der Waals surface area contributed by atoms with Crippen LogP contribution < -0.4 is 4.90 Å². The second kappa shape index (κ2) is 5.79. The van der Waals surface area contributed by atoms with Gasteiger partial charge in [0.2, 0.25) is 0 Å². The summed E-state index contributed by atoms with van der Waals surface area (Å²) in [6.07, 6.45) is 0. The molecule has 0 bridgehead atoms. The lowest BCUT2D eigenvalue weighted by molar-refractivity contribution is 0.590. The Labute approximate surface area is 136 Å². The first-order valence-electron chi connectivity index (χ1n) is 8.04. The average molecular weight is 295 g/mol. The molecule has 0 saturated carbocycles. The molecule has 2 aromatic carbocycles. The van der Waals surface area contributed by atoms with Gasteiger partial charge in [0.15, 0.2) is 0 Å². The Morgan fingerprint density at radius 1 is 0.773 bits per heavy atom. The molecular weight excluding hydrogens is 266 g/mol. The van der Waals surface area contributed by atoms with Crippen LogP contribution in [0.4, 0.5) is 11.4 Å². The van der Waals surface area contributed by atoms with E-state index in [9.17, 15) is 0 Å². The number of anilines is 2. The molecule has 0 amide bonds. The number of rotatable bonds is 2. The van der Waals surface area contributed by atoms with Crippen molar-refractivity contribution in [1.29, 1.82) is 0 Å². The first-order chi connectivity index (χ1) is 10.1. The summed E-state index contributed by atoms with van der Waals surface area (Å²) in [5.41, 5.74) is 9.47. The van der Waals surface area contributed by atoms with Crippen molar-refractivity contribution in [2.24, 2.45) is 0 Å². The van der Waals surface area contributed by atoms with Gasteiger partial charge in [0.05, 0.1) is 0 Å². The molecule has 2 aromatic rings. The van der Waals surface area contributed by atoms with Gasteiger partial charge in [-0.1, -0.05) is 39.0 Å². The first kappa shape index (κ1) is 16.6. The molecular formula is C21H29N. The van der Waals surface area contributed by atoms with Crippen molar-refractivity contribution >= 4 is 11.4 Å². The van der Waals surface area contributed by atoms with E-state index in [4.69, 9.17) is 0 Å². The van der Waals surface area contributed by atoms with Gasteiger partial charge < -0.3 is 4.90 Å². The monoisotopic (exact) mass is 295 g/mol. The third-order valence-corrected chi connectivity index (χ3v) is 4.58. The summed E-state index contributed by atoms with van der Waals surface area (Å²) in [7, 11) is 2.18. The number of nitrogens with zero attached hydrogens (tertiary/aromatic N) is 1. The van der Waals surface area contributed by atoms with E-state index in [1.807, 2.05) is 0 Å². The summed E-state index contributed by atoms with van der Waals surface area (Å²) in [4.78, 5) is 2.33. The van der Waals surface area contributed by atoms with Gasteiger partial charge in [0.1, 0.15) is 0 Å². The molecule has 1 heteroatoms. The molecule has 0 atom stereocenters. The molecule has 118 valence electrons. The van der Waals surface area contributed by atoms with E-state index in [2.05, 4.69) is 90.7 Å². The van der Waals surface area contributed by atoms with E-state index in [0.717, 1.165) is 0 Å². The van der Waals surface area contributed by atoms with E-state index in [1.165, 1.54) is 39.2 Å². The molecule has 0 spiro atoms. The van der Waals surface area contributed by atoms with E-state index in [1.54, 1.807) is 0 Å². The summed E-state index contributed by atoms with van der Waals surface area (Å²) in [5.74, 6) is 0. The standard InChI is InChI=1S/C21H29N/c1-14-11-16(3)17(4)20(12-14)22(8)19-13-18(21(5,6)7)10-9-15(19)2/h9-13H,1-8H3. The van der Waals surface area contributed by atoms with Crippen molar-refractivity contribution in [3.63, 3.8) is 0 Å². The maximum Gasteiger partial charge on any atom is 0.0443 e. The maximum atomic E-state index is 2.34. The summed E-state index contributed by atoms with van der Waals surface area (Å²) in [5, 5.41) is 0. The van der Waals surface area contributed by atoms with E-state index < -0.39 is 0 Å². The van der Waals surface area contributed by atoms with E-state index >= 15 is 0 Å². The van der Waals surface area contributed by atoms with Crippen molar-refractivity contribution < 1.29 is 0 Å². The Balaban J connectivity index is 2.57. The summed E-state index contributed by atoms with van der Waals surface area (Å²) < 4.78 is 0. The minimum absolute atomic E-state index is 0.168. The van der Waals surface area contributed by atoms with Crippen LogP contribution >= 0.6 is 0 Å². The van der Waals surface area contributed by atoms with Crippen LogP contribution in [-0.2, 0) is 5.41 Å². The minimum Gasteiger partial charge on any atom is -0.344 e. The molecule has 0 radical (unpaired) electrons. The molecule has 0 unspecified atom stereocenters. The highest BCUT2D eigenvalue weighted by atomic mass is 15.1. The largest absolute Gasteiger partial charge is 0.344 e. The van der Waals surface area contributed by atoms with Gasteiger partial charge in [-0.05, 0) is 73.1 Å². The second-order valence-electron chi connectivity index (χ2n) is 7.54. The Hall–Kier alpha value is -1.76. The number of aryl methyl sites for hydroxylation is 3. The lowest BCUT2D eigenvalue weighted by Crippen LogP contribution is -2.16. The summed E-state index contributed by atoms with van der Waals surface area (Å²) >= 11 is 0. The normalized spacial score (nSPS) is 11.6. The maximum absolute atomic E-state index is 2.34. The highest BCUT2D eigenvalue weighted by Crippen LogP contribution is 2.34. The summed E-state index contributed by atoms with van der Waals surface area (Å²) in [6, 6.07) is 11.4. The van der Waals surface area contributed by atoms with Crippen molar-refractivity contribution in [2.75, 3.05) is 11.9 Å². The first-order valence-corrected chi connectivity index (χ1v) is 8.04. The van der Waals surface area contributed by atoms with Crippen molar-refractivity contribution in [3.8, 4) is 0 Å². The zero-order valence-corrected chi connectivity index (χ0v) is 15.3.